The summed E-state index contributed by atoms with van der Waals surface area (Å²) < 4.78 is 5.10. The van der Waals surface area contributed by atoms with Crippen LogP contribution in [0, 0.1) is 0 Å². The van der Waals surface area contributed by atoms with E-state index in [0.717, 1.165) is 5.56 Å². The van der Waals surface area contributed by atoms with Crippen LogP contribution in [-0.2, 0) is 0 Å². The van der Waals surface area contributed by atoms with Crippen LogP contribution in [0.4, 0.5) is 5.88 Å². The largest absolute Gasteiger partial charge is 0.508 e. The number of carbonyl (C=O) groups is 1. The van der Waals surface area contributed by atoms with Crippen LogP contribution < -0.4 is 5.32 Å². The third kappa shape index (κ3) is 2.92. The number of amides is 1. The minimum Gasteiger partial charge on any atom is -0.508 e. The van der Waals surface area contributed by atoms with E-state index in [1.807, 2.05) is 30.3 Å². The van der Waals surface area contributed by atoms with Gasteiger partial charge in [0.25, 0.3) is 5.91 Å². The molecule has 1 amide bonds. The molecule has 0 aliphatic rings. The molecule has 5 heteroatoms. The molecule has 0 radical (unpaired) electrons. The smallest absolute Gasteiger partial charge is 0.258 e. The summed E-state index contributed by atoms with van der Waals surface area (Å²) in [5.41, 5.74) is 1.98. The predicted molar refractivity (Wildman–Crippen MR) is 78.0 cm³/mol. The summed E-state index contributed by atoms with van der Waals surface area (Å²) >= 11 is 0. The van der Waals surface area contributed by atoms with E-state index in [0.29, 0.717) is 11.3 Å². The Balaban J connectivity index is 1.75. The van der Waals surface area contributed by atoms with E-state index in [1.165, 1.54) is 24.3 Å². The van der Waals surface area contributed by atoms with E-state index < -0.39 is 0 Å². The SMILES string of the molecule is O=C(Nc1cc(-c2ccccc2)no1)c1ccc(O)cc1. The molecule has 0 spiro atoms. The first kappa shape index (κ1) is 12.9. The van der Waals surface area contributed by atoms with Gasteiger partial charge >= 0.3 is 0 Å². The maximum absolute atomic E-state index is 12.0. The molecule has 0 fully saturated rings. The Kier molecular flexibility index (Phi) is 3.39. The van der Waals surface area contributed by atoms with Crippen molar-refractivity contribution < 1.29 is 14.4 Å². The zero-order valence-electron chi connectivity index (χ0n) is 11.0. The molecule has 0 aliphatic carbocycles. The number of carbonyl (C=O) groups excluding carboxylic acids is 1. The molecule has 2 aromatic carbocycles. The maximum Gasteiger partial charge on any atom is 0.258 e. The summed E-state index contributed by atoms with van der Waals surface area (Å²) in [5.74, 6) is 0.0512. The fourth-order valence-corrected chi connectivity index (χ4v) is 1.88. The second-order valence-electron chi connectivity index (χ2n) is 4.44. The normalized spacial score (nSPS) is 10.3. The van der Waals surface area contributed by atoms with Crippen molar-refractivity contribution in [1.82, 2.24) is 5.16 Å². The number of benzene rings is 2. The van der Waals surface area contributed by atoms with Gasteiger partial charge in [-0.15, -0.1) is 0 Å². The topological polar surface area (TPSA) is 75.4 Å². The average molecular weight is 280 g/mol. The highest BCUT2D eigenvalue weighted by molar-refractivity contribution is 6.03. The summed E-state index contributed by atoms with van der Waals surface area (Å²) in [4.78, 5) is 12.0. The molecule has 0 unspecified atom stereocenters. The first-order chi connectivity index (χ1) is 10.2. The molecular weight excluding hydrogens is 268 g/mol. The van der Waals surface area contributed by atoms with Gasteiger partial charge in [0.1, 0.15) is 11.4 Å². The van der Waals surface area contributed by atoms with Gasteiger partial charge in [0, 0.05) is 17.2 Å². The lowest BCUT2D eigenvalue weighted by atomic mass is 10.1. The van der Waals surface area contributed by atoms with E-state index in [1.54, 1.807) is 6.07 Å². The molecule has 3 rings (SSSR count). The highest BCUT2D eigenvalue weighted by atomic mass is 16.5. The first-order valence-corrected chi connectivity index (χ1v) is 6.35. The highest BCUT2D eigenvalue weighted by Crippen LogP contribution is 2.21. The number of rotatable bonds is 3. The van der Waals surface area contributed by atoms with Crippen molar-refractivity contribution in [1.29, 1.82) is 0 Å². The second-order valence-corrected chi connectivity index (χ2v) is 4.44. The maximum atomic E-state index is 12.0. The molecule has 0 saturated heterocycles. The number of anilines is 1. The molecule has 5 nitrogen and oxygen atoms in total. The molecule has 0 aliphatic heterocycles. The Morgan fingerprint density at radius 3 is 2.48 bits per heavy atom. The number of aromatic nitrogens is 1. The van der Waals surface area contributed by atoms with Crippen molar-refractivity contribution in [3.05, 3.63) is 66.2 Å². The minimum absolute atomic E-state index is 0.109. The number of phenols is 1. The average Bonchev–Trinajstić information content (AvgIpc) is 2.97. The Labute approximate surface area is 120 Å². The third-order valence-corrected chi connectivity index (χ3v) is 2.95. The number of hydrogen-bond acceptors (Lipinski definition) is 4. The number of nitrogens with one attached hydrogen (secondary N) is 1. The molecule has 104 valence electrons. The Morgan fingerprint density at radius 1 is 1.05 bits per heavy atom. The zero-order chi connectivity index (χ0) is 14.7. The van der Waals surface area contributed by atoms with Crippen LogP contribution in [0.15, 0.2) is 65.2 Å². The molecule has 0 bridgehead atoms. The molecular formula is C16H12N2O3. The fourth-order valence-electron chi connectivity index (χ4n) is 1.88. The number of aromatic hydroxyl groups is 1. The number of phenolic OH excluding ortho intramolecular Hbond substituents is 1. The van der Waals surface area contributed by atoms with Crippen LogP contribution in [0.2, 0.25) is 0 Å². The van der Waals surface area contributed by atoms with Crippen LogP contribution >= 0.6 is 0 Å². The van der Waals surface area contributed by atoms with Crippen molar-refractivity contribution >= 4 is 11.8 Å². The lowest BCUT2D eigenvalue weighted by Crippen LogP contribution is -2.10. The van der Waals surface area contributed by atoms with Gasteiger partial charge in [-0.25, -0.2) is 0 Å². The van der Waals surface area contributed by atoms with Crippen LogP contribution in [0.1, 0.15) is 10.4 Å². The van der Waals surface area contributed by atoms with Crippen molar-refractivity contribution in [3.8, 4) is 17.0 Å². The molecule has 1 heterocycles. The lowest BCUT2D eigenvalue weighted by Gasteiger charge is -2.00. The summed E-state index contributed by atoms with van der Waals surface area (Å²) in [6.45, 7) is 0. The molecule has 3 aromatic rings. The monoisotopic (exact) mass is 280 g/mol. The Hall–Kier alpha value is -3.08. The molecule has 2 N–H and O–H groups in total. The summed E-state index contributed by atoms with van der Waals surface area (Å²) in [7, 11) is 0. The van der Waals surface area contributed by atoms with E-state index in [4.69, 9.17) is 4.52 Å². The Morgan fingerprint density at radius 2 is 1.76 bits per heavy atom. The quantitative estimate of drug-likeness (QED) is 0.771. The molecule has 0 saturated carbocycles. The predicted octanol–water partition coefficient (Wildman–Crippen LogP) is 3.30. The Bertz CT molecular complexity index is 749. The van der Waals surface area contributed by atoms with Gasteiger partial charge in [0.05, 0.1) is 0 Å². The van der Waals surface area contributed by atoms with Crippen LogP contribution in [0.25, 0.3) is 11.3 Å². The van der Waals surface area contributed by atoms with Gasteiger partial charge in [-0.2, -0.15) is 0 Å². The van der Waals surface area contributed by atoms with Crippen LogP contribution in [-0.4, -0.2) is 16.2 Å². The zero-order valence-corrected chi connectivity index (χ0v) is 11.0. The van der Waals surface area contributed by atoms with Crippen LogP contribution in [0.5, 0.6) is 5.75 Å². The van der Waals surface area contributed by atoms with Gasteiger partial charge in [-0.05, 0) is 24.3 Å². The highest BCUT2D eigenvalue weighted by Gasteiger charge is 2.11. The molecule has 21 heavy (non-hydrogen) atoms. The number of nitrogens with zero attached hydrogens (tertiary/aromatic N) is 1. The first-order valence-electron chi connectivity index (χ1n) is 6.35. The minimum atomic E-state index is -0.328. The van der Waals surface area contributed by atoms with Gasteiger partial charge < -0.3 is 9.63 Å². The van der Waals surface area contributed by atoms with Gasteiger partial charge in [0.2, 0.25) is 5.88 Å². The second kappa shape index (κ2) is 5.50. The fraction of sp³-hybridized carbons (Fsp3) is 0. The van der Waals surface area contributed by atoms with Gasteiger partial charge in [0.15, 0.2) is 0 Å². The van der Waals surface area contributed by atoms with E-state index in [-0.39, 0.29) is 17.5 Å². The van der Waals surface area contributed by atoms with Crippen molar-refractivity contribution in [2.24, 2.45) is 0 Å². The summed E-state index contributed by atoms with van der Waals surface area (Å²) in [5, 5.41) is 15.7. The van der Waals surface area contributed by atoms with Crippen LogP contribution in [0.3, 0.4) is 0 Å². The third-order valence-electron chi connectivity index (χ3n) is 2.95. The summed E-state index contributed by atoms with van der Waals surface area (Å²) in [6, 6.07) is 17.1. The van der Waals surface area contributed by atoms with Crippen molar-refractivity contribution in [2.45, 2.75) is 0 Å². The van der Waals surface area contributed by atoms with E-state index >= 15 is 0 Å². The molecule has 0 atom stereocenters. The van der Waals surface area contributed by atoms with E-state index in [2.05, 4.69) is 10.5 Å². The van der Waals surface area contributed by atoms with Gasteiger partial charge in [-0.1, -0.05) is 35.5 Å². The standard InChI is InChI=1S/C16H12N2O3/c19-13-8-6-12(7-9-13)16(20)17-15-10-14(18-21-15)11-4-2-1-3-5-11/h1-10,19H,(H,17,20). The van der Waals surface area contributed by atoms with Gasteiger partial charge in [-0.3, -0.25) is 10.1 Å². The number of hydrogen-bond donors (Lipinski definition) is 2. The lowest BCUT2D eigenvalue weighted by molar-refractivity contribution is 0.102. The van der Waals surface area contributed by atoms with Crippen molar-refractivity contribution in [2.75, 3.05) is 5.32 Å². The van der Waals surface area contributed by atoms with Crippen molar-refractivity contribution in [3.63, 3.8) is 0 Å². The van der Waals surface area contributed by atoms with E-state index in [9.17, 15) is 9.90 Å². The molecule has 1 aromatic heterocycles. The summed E-state index contributed by atoms with van der Waals surface area (Å²) in [6.07, 6.45) is 0.